The lowest BCUT2D eigenvalue weighted by molar-refractivity contribution is -0.131. The molecule has 3 aromatic carbocycles. The number of esters is 2. The predicted molar refractivity (Wildman–Crippen MR) is 147 cm³/mol. The van der Waals surface area contributed by atoms with E-state index in [1.54, 1.807) is 41.8 Å². The fourth-order valence-corrected chi connectivity index (χ4v) is 5.95. The van der Waals surface area contributed by atoms with Gasteiger partial charge in [-0.05, 0) is 65.8 Å². The van der Waals surface area contributed by atoms with Gasteiger partial charge in [-0.25, -0.2) is 4.79 Å². The number of nitrogens with zero attached hydrogens (tertiary/aromatic N) is 1. The summed E-state index contributed by atoms with van der Waals surface area (Å²) in [7, 11) is 0. The summed E-state index contributed by atoms with van der Waals surface area (Å²) in [5.74, 6) is -0.652. The average Bonchev–Trinajstić information content (AvgIpc) is 3.53. The Bertz CT molecular complexity index is 1720. The Kier molecular flexibility index (Phi) is 6.13. The molecular formula is C31H23NO5S. The number of thiophene rings is 1. The van der Waals surface area contributed by atoms with E-state index in [0.717, 1.165) is 32.5 Å². The number of hydrogen-bond acceptors (Lipinski definition) is 6. The summed E-state index contributed by atoms with van der Waals surface area (Å²) in [6, 6.07) is 26.3. The maximum atomic E-state index is 13.3. The van der Waals surface area contributed by atoms with Gasteiger partial charge in [0.25, 0.3) is 0 Å². The second-order valence-electron chi connectivity index (χ2n) is 9.17. The van der Waals surface area contributed by atoms with Crippen LogP contribution in [0.15, 0.2) is 95.9 Å². The minimum atomic E-state index is -0.648. The molecule has 0 N–H and O–H groups in total. The molecule has 1 atom stereocenters. The average molecular weight is 522 g/mol. The van der Waals surface area contributed by atoms with Crippen LogP contribution in [0.4, 0.5) is 0 Å². The zero-order valence-corrected chi connectivity index (χ0v) is 21.4. The van der Waals surface area contributed by atoms with Crippen LogP contribution in [-0.2, 0) is 16.0 Å². The summed E-state index contributed by atoms with van der Waals surface area (Å²) in [6.45, 7) is 1.34. The maximum Gasteiger partial charge on any atom is 0.344 e. The number of rotatable bonds is 5. The molecule has 0 aliphatic heterocycles. The zero-order chi connectivity index (χ0) is 26.2. The summed E-state index contributed by atoms with van der Waals surface area (Å²) < 4.78 is 13.9. The smallest absolute Gasteiger partial charge is 0.344 e. The highest BCUT2D eigenvalue weighted by molar-refractivity contribution is 7.22. The Hall–Kier alpha value is -4.49. The van der Waals surface area contributed by atoms with Crippen molar-refractivity contribution in [2.75, 3.05) is 0 Å². The van der Waals surface area contributed by atoms with Gasteiger partial charge in [-0.2, -0.15) is 0 Å². The van der Waals surface area contributed by atoms with Gasteiger partial charge >= 0.3 is 11.9 Å². The molecule has 2 aromatic heterocycles. The fourth-order valence-electron chi connectivity index (χ4n) is 4.87. The third-order valence-electron chi connectivity index (χ3n) is 6.65. The quantitative estimate of drug-likeness (QED) is 0.195. The Morgan fingerprint density at radius 1 is 0.947 bits per heavy atom. The lowest BCUT2D eigenvalue weighted by Crippen LogP contribution is -2.21. The highest BCUT2D eigenvalue weighted by atomic mass is 32.1. The van der Waals surface area contributed by atoms with Crippen LogP contribution < -0.4 is 10.2 Å². The number of carbonyl (C=O) groups excluding carboxylic acids is 2. The zero-order valence-electron chi connectivity index (χ0n) is 20.5. The summed E-state index contributed by atoms with van der Waals surface area (Å²) in [5, 5.41) is 1.07. The summed E-state index contributed by atoms with van der Waals surface area (Å²) in [4.78, 5) is 38.8. The van der Waals surface area contributed by atoms with Crippen LogP contribution in [0, 0.1) is 0 Å². The van der Waals surface area contributed by atoms with Crippen molar-refractivity contribution in [3.63, 3.8) is 0 Å². The molecule has 188 valence electrons. The van der Waals surface area contributed by atoms with Crippen LogP contribution in [-0.4, -0.2) is 16.5 Å². The lowest BCUT2D eigenvalue weighted by Gasteiger charge is -2.17. The lowest BCUT2D eigenvalue weighted by atomic mass is 10.1. The number of carbonyl (C=O) groups is 2. The Morgan fingerprint density at radius 2 is 1.71 bits per heavy atom. The van der Waals surface area contributed by atoms with Crippen LogP contribution in [0.5, 0.6) is 5.75 Å². The topological polar surface area (TPSA) is 74.6 Å². The van der Waals surface area contributed by atoms with Crippen molar-refractivity contribution in [3.05, 3.63) is 118 Å². The Balaban J connectivity index is 1.42. The molecule has 0 saturated heterocycles. The van der Waals surface area contributed by atoms with E-state index >= 15 is 0 Å². The van der Waals surface area contributed by atoms with Crippen LogP contribution in [0.3, 0.4) is 0 Å². The number of aromatic nitrogens is 1. The van der Waals surface area contributed by atoms with Gasteiger partial charge in [0.15, 0.2) is 5.43 Å². The highest BCUT2D eigenvalue weighted by Gasteiger charge is 2.27. The Morgan fingerprint density at radius 3 is 2.50 bits per heavy atom. The highest BCUT2D eigenvalue weighted by Crippen LogP contribution is 2.36. The van der Waals surface area contributed by atoms with Gasteiger partial charge in [-0.15, -0.1) is 11.3 Å². The van der Waals surface area contributed by atoms with E-state index in [4.69, 9.17) is 9.47 Å². The number of fused-ring (bicyclic) bond motifs is 2. The SMILES string of the molecule is CC(=O)Oc1ccc(-n2cc(C(=O)OC3CCc4ccccc43)c(=O)cc2-c2cc3ccccc3s2)cc1. The number of ether oxygens (including phenoxy) is 2. The molecule has 38 heavy (non-hydrogen) atoms. The third kappa shape index (κ3) is 4.53. The Labute approximate surface area is 222 Å². The first kappa shape index (κ1) is 23.9. The molecule has 6 nitrogen and oxygen atoms in total. The number of pyridine rings is 1. The first-order valence-electron chi connectivity index (χ1n) is 12.3. The molecule has 5 aromatic rings. The second kappa shape index (κ2) is 9.76. The van der Waals surface area contributed by atoms with Gasteiger partial charge < -0.3 is 14.0 Å². The van der Waals surface area contributed by atoms with Crippen molar-refractivity contribution in [2.45, 2.75) is 25.9 Å². The van der Waals surface area contributed by atoms with E-state index in [1.807, 2.05) is 59.2 Å². The first-order valence-corrected chi connectivity index (χ1v) is 13.1. The van der Waals surface area contributed by atoms with Crippen molar-refractivity contribution in [3.8, 4) is 22.0 Å². The van der Waals surface area contributed by atoms with Gasteiger partial charge in [0, 0.05) is 29.6 Å². The molecule has 0 fully saturated rings. The fraction of sp³-hybridized carbons (Fsp3) is 0.129. The van der Waals surface area contributed by atoms with E-state index in [9.17, 15) is 14.4 Å². The maximum absolute atomic E-state index is 13.3. The van der Waals surface area contributed by atoms with Gasteiger partial charge in [-0.1, -0.05) is 42.5 Å². The summed E-state index contributed by atoms with van der Waals surface area (Å²) >= 11 is 1.57. The van der Waals surface area contributed by atoms with Crippen molar-refractivity contribution in [2.24, 2.45) is 0 Å². The van der Waals surface area contributed by atoms with E-state index in [-0.39, 0.29) is 11.7 Å². The van der Waals surface area contributed by atoms with Crippen LogP contribution in [0.2, 0.25) is 0 Å². The van der Waals surface area contributed by atoms with Gasteiger partial charge in [0.05, 0.1) is 10.6 Å². The minimum Gasteiger partial charge on any atom is -0.454 e. The standard InChI is InChI=1S/C31H23NO5S/c1-19(33)36-23-13-11-22(12-14-23)32-18-25(31(35)37-28-15-10-20-6-2-4-8-24(20)28)27(34)17-26(32)30-16-21-7-3-5-9-29(21)38-30/h2-9,11-14,16-18,28H,10,15H2,1H3. The molecule has 2 heterocycles. The van der Waals surface area contributed by atoms with Crippen molar-refractivity contribution < 1.29 is 19.1 Å². The van der Waals surface area contributed by atoms with Crippen LogP contribution in [0.25, 0.3) is 26.3 Å². The van der Waals surface area contributed by atoms with E-state index in [0.29, 0.717) is 23.6 Å². The van der Waals surface area contributed by atoms with Crippen molar-refractivity contribution in [1.29, 1.82) is 0 Å². The molecule has 1 aliphatic carbocycles. The molecule has 6 rings (SSSR count). The monoisotopic (exact) mass is 521 g/mol. The van der Waals surface area contributed by atoms with Crippen molar-refractivity contribution >= 4 is 33.4 Å². The molecule has 0 spiro atoms. The molecule has 1 aliphatic rings. The normalized spacial score (nSPS) is 14.3. The molecule has 0 amide bonds. The van der Waals surface area contributed by atoms with Gasteiger partial charge in [0.2, 0.25) is 0 Å². The van der Waals surface area contributed by atoms with Gasteiger partial charge in [0.1, 0.15) is 17.4 Å². The largest absolute Gasteiger partial charge is 0.454 e. The molecule has 0 saturated carbocycles. The summed E-state index contributed by atoms with van der Waals surface area (Å²) in [6.07, 6.45) is 2.69. The van der Waals surface area contributed by atoms with Gasteiger partial charge in [-0.3, -0.25) is 9.59 Å². The molecule has 0 bridgehead atoms. The molecule has 0 radical (unpaired) electrons. The minimum absolute atomic E-state index is 0.0386. The van der Waals surface area contributed by atoms with Crippen LogP contribution >= 0.6 is 11.3 Å². The first-order chi connectivity index (χ1) is 18.5. The van der Waals surface area contributed by atoms with E-state index in [1.165, 1.54) is 13.0 Å². The molecule has 7 heteroatoms. The second-order valence-corrected chi connectivity index (χ2v) is 10.3. The number of hydrogen-bond donors (Lipinski definition) is 0. The summed E-state index contributed by atoms with van der Waals surface area (Å²) in [5.41, 5.74) is 3.07. The number of aryl methyl sites for hydroxylation is 1. The molecular weight excluding hydrogens is 498 g/mol. The van der Waals surface area contributed by atoms with E-state index < -0.39 is 17.4 Å². The molecule has 1 unspecified atom stereocenters. The van der Waals surface area contributed by atoms with Crippen molar-refractivity contribution in [1.82, 2.24) is 4.57 Å². The predicted octanol–water partition coefficient (Wildman–Crippen LogP) is 6.49. The number of benzene rings is 3. The van der Waals surface area contributed by atoms with Crippen LogP contribution in [0.1, 0.15) is 40.9 Å². The van der Waals surface area contributed by atoms with E-state index in [2.05, 4.69) is 0 Å². The third-order valence-corrected chi connectivity index (χ3v) is 7.79.